The molecule has 1 aromatic heterocycles. The highest BCUT2D eigenvalue weighted by atomic mass is 16.5. The zero-order valence-corrected chi connectivity index (χ0v) is 11.6. The number of carbonyl (C=O) groups is 1. The van der Waals surface area contributed by atoms with Gasteiger partial charge in [-0.15, -0.1) is 0 Å². The zero-order valence-electron chi connectivity index (χ0n) is 11.6. The van der Waals surface area contributed by atoms with Gasteiger partial charge in [-0.1, -0.05) is 13.8 Å². The molecule has 106 valence electrons. The van der Waals surface area contributed by atoms with E-state index in [1.165, 1.54) is 0 Å². The topological polar surface area (TPSA) is 72.5 Å². The van der Waals surface area contributed by atoms with Crippen LogP contribution in [0.25, 0.3) is 0 Å². The summed E-state index contributed by atoms with van der Waals surface area (Å²) in [6.07, 6.45) is 1.56. The van der Waals surface area contributed by atoms with Crippen molar-refractivity contribution in [1.29, 1.82) is 0 Å². The maximum atomic E-state index is 11.6. The molecule has 0 aliphatic carbocycles. The van der Waals surface area contributed by atoms with Crippen molar-refractivity contribution >= 4 is 11.6 Å². The second kappa shape index (κ2) is 8.44. The number of hydrogen-bond donors (Lipinski definition) is 2. The molecule has 0 fully saturated rings. The first-order chi connectivity index (χ1) is 9.11. The van der Waals surface area contributed by atoms with Crippen LogP contribution in [-0.4, -0.2) is 43.8 Å². The van der Waals surface area contributed by atoms with Crippen LogP contribution in [0.4, 0.5) is 5.69 Å². The van der Waals surface area contributed by atoms with E-state index < -0.39 is 0 Å². The van der Waals surface area contributed by atoms with Crippen molar-refractivity contribution in [3.05, 3.63) is 18.3 Å². The quantitative estimate of drug-likeness (QED) is 0.689. The first-order valence-electron chi connectivity index (χ1n) is 6.23. The average Bonchev–Trinajstić information content (AvgIpc) is 2.39. The van der Waals surface area contributed by atoms with E-state index in [2.05, 4.69) is 15.6 Å². The number of hydrogen-bond acceptors (Lipinski definition) is 5. The van der Waals surface area contributed by atoms with Gasteiger partial charge in [0.2, 0.25) is 11.8 Å². The Morgan fingerprint density at radius 3 is 2.74 bits per heavy atom. The van der Waals surface area contributed by atoms with Gasteiger partial charge < -0.3 is 20.1 Å². The van der Waals surface area contributed by atoms with Crippen LogP contribution in [0.1, 0.15) is 13.8 Å². The molecule has 0 radical (unpaired) electrons. The summed E-state index contributed by atoms with van der Waals surface area (Å²) in [5.41, 5.74) is 0.648. The Morgan fingerprint density at radius 2 is 2.16 bits per heavy atom. The van der Waals surface area contributed by atoms with Crippen LogP contribution in [0.3, 0.4) is 0 Å². The van der Waals surface area contributed by atoms with Gasteiger partial charge in [0.15, 0.2) is 0 Å². The van der Waals surface area contributed by atoms with E-state index in [0.717, 1.165) is 0 Å². The number of methoxy groups -OCH3 is 1. The summed E-state index contributed by atoms with van der Waals surface area (Å²) in [6, 6.07) is 3.74. The minimum atomic E-state index is -0.0939. The molecule has 2 N–H and O–H groups in total. The maximum Gasteiger partial charge on any atom is 0.238 e. The number of ether oxygens (including phenoxy) is 2. The number of amides is 1. The van der Waals surface area contributed by atoms with E-state index in [4.69, 9.17) is 9.47 Å². The SMILES string of the molecule is COCCOc1ccc(NC(=O)CNC(C)C)cn1. The number of rotatable bonds is 8. The first-order valence-corrected chi connectivity index (χ1v) is 6.23. The molecule has 0 aliphatic heterocycles. The van der Waals surface area contributed by atoms with Crippen LogP contribution in [0.2, 0.25) is 0 Å². The lowest BCUT2D eigenvalue weighted by molar-refractivity contribution is -0.115. The van der Waals surface area contributed by atoms with Crippen molar-refractivity contribution in [3.8, 4) is 5.88 Å². The zero-order chi connectivity index (χ0) is 14.1. The van der Waals surface area contributed by atoms with Gasteiger partial charge in [-0.2, -0.15) is 0 Å². The summed E-state index contributed by atoms with van der Waals surface area (Å²) >= 11 is 0. The molecule has 1 rings (SSSR count). The lowest BCUT2D eigenvalue weighted by Crippen LogP contribution is -2.32. The monoisotopic (exact) mass is 267 g/mol. The van der Waals surface area contributed by atoms with Crippen LogP contribution in [0.15, 0.2) is 18.3 Å². The number of anilines is 1. The molecule has 0 spiro atoms. The fourth-order valence-electron chi connectivity index (χ4n) is 1.27. The average molecular weight is 267 g/mol. The number of carbonyl (C=O) groups excluding carboxylic acids is 1. The largest absolute Gasteiger partial charge is 0.475 e. The fourth-order valence-corrected chi connectivity index (χ4v) is 1.27. The molecule has 19 heavy (non-hydrogen) atoms. The summed E-state index contributed by atoms with van der Waals surface area (Å²) in [7, 11) is 1.61. The van der Waals surface area contributed by atoms with Gasteiger partial charge in [-0.3, -0.25) is 4.79 Å². The van der Waals surface area contributed by atoms with E-state index in [1.807, 2.05) is 13.8 Å². The van der Waals surface area contributed by atoms with Crippen LogP contribution in [0, 0.1) is 0 Å². The molecule has 0 aliphatic rings. The predicted octanol–water partition coefficient (Wildman–Crippen LogP) is 1.04. The predicted molar refractivity (Wildman–Crippen MR) is 73.4 cm³/mol. The molecular formula is C13H21N3O3. The Kier molecular flexibility index (Phi) is 6.84. The highest BCUT2D eigenvalue weighted by Gasteiger charge is 2.03. The first kappa shape index (κ1) is 15.4. The third kappa shape index (κ3) is 6.73. The highest BCUT2D eigenvalue weighted by Crippen LogP contribution is 2.11. The molecule has 0 unspecified atom stereocenters. The van der Waals surface area contributed by atoms with Crippen LogP contribution < -0.4 is 15.4 Å². The van der Waals surface area contributed by atoms with Gasteiger partial charge in [-0.05, 0) is 6.07 Å². The fraction of sp³-hybridized carbons (Fsp3) is 0.538. The Labute approximate surface area is 113 Å². The molecule has 6 heteroatoms. The van der Waals surface area contributed by atoms with Crippen LogP contribution in [0.5, 0.6) is 5.88 Å². The Balaban J connectivity index is 2.37. The van der Waals surface area contributed by atoms with E-state index >= 15 is 0 Å². The van der Waals surface area contributed by atoms with Gasteiger partial charge in [0, 0.05) is 19.2 Å². The van der Waals surface area contributed by atoms with Crippen molar-refractivity contribution in [2.75, 3.05) is 32.2 Å². The minimum absolute atomic E-state index is 0.0939. The lowest BCUT2D eigenvalue weighted by Gasteiger charge is -2.09. The van der Waals surface area contributed by atoms with Crippen LogP contribution >= 0.6 is 0 Å². The summed E-state index contributed by atoms with van der Waals surface area (Å²) in [5.74, 6) is 0.416. The highest BCUT2D eigenvalue weighted by molar-refractivity contribution is 5.92. The Bertz CT molecular complexity index is 379. The van der Waals surface area contributed by atoms with Gasteiger partial charge in [0.1, 0.15) is 6.61 Å². The Hall–Kier alpha value is -1.66. The molecule has 0 saturated carbocycles. The number of nitrogens with zero attached hydrogens (tertiary/aromatic N) is 1. The summed E-state index contributed by atoms with van der Waals surface area (Å²) in [4.78, 5) is 15.6. The van der Waals surface area contributed by atoms with Crippen molar-refractivity contribution in [1.82, 2.24) is 10.3 Å². The van der Waals surface area contributed by atoms with E-state index in [0.29, 0.717) is 24.8 Å². The molecular weight excluding hydrogens is 246 g/mol. The van der Waals surface area contributed by atoms with E-state index in [1.54, 1.807) is 25.4 Å². The standard InChI is InChI=1S/C13H21N3O3/c1-10(2)14-9-12(17)16-11-4-5-13(15-8-11)19-7-6-18-3/h4-5,8,10,14H,6-7,9H2,1-3H3,(H,16,17). The number of pyridine rings is 1. The molecule has 1 aromatic rings. The van der Waals surface area contributed by atoms with Gasteiger partial charge in [0.05, 0.1) is 25.0 Å². The maximum absolute atomic E-state index is 11.6. The smallest absolute Gasteiger partial charge is 0.238 e. The molecule has 0 atom stereocenters. The summed E-state index contributed by atoms with van der Waals surface area (Å²) < 4.78 is 10.2. The van der Waals surface area contributed by atoms with Crippen molar-refractivity contribution in [2.24, 2.45) is 0 Å². The summed E-state index contributed by atoms with van der Waals surface area (Å²) in [6.45, 7) is 5.22. The molecule has 1 amide bonds. The van der Waals surface area contributed by atoms with Gasteiger partial charge >= 0.3 is 0 Å². The number of nitrogens with one attached hydrogen (secondary N) is 2. The van der Waals surface area contributed by atoms with Crippen molar-refractivity contribution in [3.63, 3.8) is 0 Å². The second-order valence-corrected chi connectivity index (χ2v) is 4.31. The molecule has 6 nitrogen and oxygen atoms in total. The lowest BCUT2D eigenvalue weighted by atomic mass is 10.3. The molecule has 1 heterocycles. The molecule has 0 aromatic carbocycles. The van der Waals surface area contributed by atoms with Gasteiger partial charge in [0.25, 0.3) is 0 Å². The van der Waals surface area contributed by atoms with E-state index in [-0.39, 0.29) is 18.5 Å². The third-order valence-electron chi connectivity index (χ3n) is 2.23. The van der Waals surface area contributed by atoms with Crippen LogP contribution in [-0.2, 0) is 9.53 Å². The normalized spacial score (nSPS) is 10.5. The van der Waals surface area contributed by atoms with Gasteiger partial charge in [-0.25, -0.2) is 4.98 Å². The number of aromatic nitrogens is 1. The molecule has 0 saturated heterocycles. The van der Waals surface area contributed by atoms with E-state index in [9.17, 15) is 4.79 Å². The minimum Gasteiger partial charge on any atom is -0.475 e. The second-order valence-electron chi connectivity index (χ2n) is 4.31. The van der Waals surface area contributed by atoms with Crippen molar-refractivity contribution < 1.29 is 14.3 Å². The third-order valence-corrected chi connectivity index (χ3v) is 2.23. The molecule has 0 bridgehead atoms. The van der Waals surface area contributed by atoms with Crippen molar-refractivity contribution in [2.45, 2.75) is 19.9 Å². The summed E-state index contributed by atoms with van der Waals surface area (Å²) in [5, 5.41) is 5.79. The Morgan fingerprint density at radius 1 is 1.37 bits per heavy atom.